The number of fused-ring (bicyclic) bond motifs is 1. The first-order valence-electron chi connectivity index (χ1n) is 11.5. The summed E-state index contributed by atoms with van der Waals surface area (Å²) >= 11 is 0. The molecule has 0 aromatic heterocycles. The van der Waals surface area contributed by atoms with Crippen LogP contribution in [0.15, 0.2) is 59.5 Å². The highest BCUT2D eigenvalue weighted by atomic mass is 32.2. The standard InChI is InChI=1S/C27H26F3NO5S/c1-16-10-20(19-4-6-21(7-5-19)27(28,29)30)12-23-18(3)13-31(14-24(16)23)37(34,35)22-8-9-25(17(2)11-22)36-15-26(32)33/h4-12,18H,13-15H2,1-3H3,(H,32,33). The third kappa shape index (κ3) is 5.50. The number of hydrogen-bond acceptors (Lipinski definition) is 4. The van der Waals surface area contributed by atoms with Crippen molar-refractivity contribution in [2.24, 2.45) is 0 Å². The topological polar surface area (TPSA) is 83.9 Å². The first kappa shape index (κ1) is 26.7. The highest BCUT2D eigenvalue weighted by molar-refractivity contribution is 7.89. The maximum atomic E-state index is 13.5. The van der Waals surface area contributed by atoms with Gasteiger partial charge in [-0.3, -0.25) is 0 Å². The first-order chi connectivity index (χ1) is 17.3. The number of hydrogen-bond donors (Lipinski definition) is 1. The molecule has 3 aromatic carbocycles. The summed E-state index contributed by atoms with van der Waals surface area (Å²) in [4.78, 5) is 10.8. The normalized spacial score (nSPS) is 16.3. The van der Waals surface area contributed by atoms with Gasteiger partial charge < -0.3 is 9.84 Å². The van der Waals surface area contributed by atoms with Gasteiger partial charge in [-0.15, -0.1) is 0 Å². The van der Waals surface area contributed by atoms with Gasteiger partial charge in [-0.2, -0.15) is 17.5 Å². The van der Waals surface area contributed by atoms with E-state index >= 15 is 0 Å². The fraction of sp³-hybridized carbons (Fsp3) is 0.296. The van der Waals surface area contributed by atoms with Gasteiger partial charge in [-0.05, 0) is 83.5 Å². The Morgan fingerprint density at radius 1 is 1.03 bits per heavy atom. The van der Waals surface area contributed by atoms with E-state index in [0.717, 1.165) is 34.4 Å². The molecule has 4 rings (SSSR count). The van der Waals surface area contributed by atoms with Crippen LogP contribution < -0.4 is 4.74 Å². The lowest BCUT2D eigenvalue weighted by Gasteiger charge is -2.34. The molecule has 1 atom stereocenters. The van der Waals surface area contributed by atoms with Crippen LogP contribution in [0, 0.1) is 13.8 Å². The number of ether oxygens (including phenoxy) is 1. The van der Waals surface area contributed by atoms with E-state index in [4.69, 9.17) is 9.84 Å². The van der Waals surface area contributed by atoms with Crippen LogP contribution in [0.3, 0.4) is 0 Å². The van der Waals surface area contributed by atoms with E-state index in [9.17, 15) is 26.4 Å². The summed E-state index contributed by atoms with van der Waals surface area (Å²) in [7, 11) is -3.85. The van der Waals surface area contributed by atoms with Crippen LogP contribution in [-0.4, -0.2) is 37.0 Å². The predicted octanol–water partition coefficient (Wildman–Crippen LogP) is 5.76. The Kier molecular flexibility index (Phi) is 7.09. The second-order valence-corrected chi connectivity index (χ2v) is 11.2. The second-order valence-electron chi connectivity index (χ2n) is 9.24. The van der Waals surface area contributed by atoms with Gasteiger partial charge in [0.25, 0.3) is 0 Å². The minimum Gasteiger partial charge on any atom is -0.482 e. The lowest BCUT2D eigenvalue weighted by Crippen LogP contribution is -2.38. The first-order valence-corrected chi connectivity index (χ1v) is 13.0. The highest BCUT2D eigenvalue weighted by Crippen LogP contribution is 2.38. The number of carbonyl (C=O) groups is 1. The monoisotopic (exact) mass is 533 g/mol. The van der Waals surface area contributed by atoms with Crippen LogP contribution >= 0.6 is 0 Å². The molecule has 0 bridgehead atoms. The molecule has 0 aliphatic carbocycles. The fourth-order valence-corrected chi connectivity index (χ4v) is 6.16. The number of sulfonamides is 1. The average molecular weight is 534 g/mol. The average Bonchev–Trinajstić information content (AvgIpc) is 2.83. The van der Waals surface area contributed by atoms with E-state index in [1.165, 1.54) is 34.6 Å². The van der Waals surface area contributed by atoms with Gasteiger partial charge in [-0.1, -0.05) is 31.2 Å². The third-order valence-electron chi connectivity index (χ3n) is 6.53. The molecule has 1 aliphatic heterocycles. The molecule has 1 unspecified atom stereocenters. The van der Waals surface area contributed by atoms with Crippen molar-refractivity contribution in [3.8, 4) is 16.9 Å². The summed E-state index contributed by atoms with van der Waals surface area (Å²) in [5.41, 5.74) is 3.92. The molecule has 10 heteroatoms. The van der Waals surface area contributed by atoms with Gasteiger partial charge in [0.05, 0.1) is 10.5 Å². The molecule has 37 heavy (non-hydrogen) atoms. The summed E-state index contributed by atoms with van der Waals surface area (Å²) in [5, 5.41) is 8.80. The van der Waals surface area contributed by atoms with E-state index in [-0.39, 0.29) is 23.9 Å². The Morgan fingerprint density at radius 2 is 1.70 bits per heavy atom. The van der Waals surface area contributed by atoms with Gasteiger partial charge in [-0.25, -0.2) is 13.2 Å². The zero-order valence-corrected chi connectivity index (χ0v) is 21.3. The van der Waals surface area contributed by atoms with Crippen molar-refractivity contribution >= 4 is 16.0 Å². The Labute approximate surface area is 213 Å². The summed E-state index contributed by atoms with van der Waals surface area (Å²) in [6, 6.07) is 13.1. The smallest absolute Gasteiger partial charge is 0.416 e. The Morgan fingerprint density at radius 3 is 2.30 bits per heavy atom. The number of aryl methyl sites for hydroxylation is 2. The van der Waals surface area contributed by atoms with Crippen molar-refractivity contribution in [3.63, 3.8) is 0 Å². The number of halogens is 3. The highest BCUT2D eigenvalue weighted by Gasteiger charge is 2.33. The Bertz CT molecular complexity index is 1450. The number of aliphatic carboxylic acids is 1. The summed E-state index contributed by atoms with van der Waals surface area (Å²) < 4.78 is 72.4. The van der Waals surface area contributed by atoms with Crippen molar-refractivity contribution < 1.29 is 36.2 Å². The van der Waals surface area contributed by atoms with E-state index in [1.54, 1.807) is 6.92 Å². The fourth-order valence-electron chi connectivity index (χ4n) is 4.58. The predicted molar refractivity (Wildman–Crippen MR) is 132 cm³/mol. The van der Waals surface area contributed by atoms with Crippen LogP contribution in [0.4, 0.5) is 13.2 Å². The SMILES string of the molecule is Cc1cc(S(=O)(=O)N2Cc3c(C)cc(-c4ccc(C(F)(F)F)cc4)cc3C(C)C2)ccc1OCC(=O)O. The quantitative estimate of drug-likeness (QED) is 0.436. The molecule has 1 N–H and O–H groups in total. The van der Waals surface area contributed by atoms with Crippen molar-refractivity contribution in [2.45, 2.75) is 44.3 Å². The van der Waals surface area contributed by atoms with Crippen LogP contribution in [0.2, 0.25) is 0 Å². The zero-order valence-electron chi connectivity index (χ0n) is 20.5. The van der Waals surface area contributed by atoms with Crippen LogP contribution in [0.25, 0.3) is 11.1 Å². The molecule has 0 saturated heterocycles. The lowest BCUT2D eigenvalue weighted by atomic mass is 9.86. The lowest BCUT2D eigenvalue weighted by molar-refractivity contribution is -0.139. The van der Waals surface area contributed by atoms with E-state index in [1.807, 2.05) is 26.0 Å². The number of rotatable bonds is 6. The van der Waals surface area contributed by atoms with E-state index < -0.39 is 34.3 Å². The number of carboxylic acid groups (broad SMARTS) is 1. The number of nitrogens with zero attached hydrogens (tertiary/aromatic N) is 1. The van der Waals surface area contributed by atoms with Gasteiger partial charge in [0, 0.05) is 13.1 Å². The minimum absolute atomic E-state index is 0.0855. The molecular weight excluding hydrogens is 507 g/mol. The van der Waals surface area contributed by atoms with Gasteiger partial charge >= 0.3 is 12.1 Å². The third-order valence-corrected chi connectivity index (χ3v) is 8.34. The van der Waals surface area contributed by atoms with Crippen molar-refractivity contribution in [2.75, 3.05) is 13.2 Å². The summed E-state index contributed by atoms with van der Waals surface area (Å²) in [6.07, 6.45) is -4.40. The maximum Gasteiger partial charge on any atom is 0.416 e. The number of carboxylic acids is 1. The molecule has 0 amide bonds. The molecule has 1 heterocycles. The molecule has 3 aromatic rings. The molecule has 0 spiro atoms. The van der Waals surface area contributed by atoms with Gasteiger partial charge in [0.15, 0.2) is 6.61 Å². The Hall–Kier alpha value is -3.37. The van der Waals surface area contributed by atoms with Gasteiger partial charge in [0.2, 0.25) is 10.0 Å². The molecule has 0 radical (unpaired) electrons. The minimum atomic E-state index is -4.40. The van der Waals surface area contributed by atoms with E-state index in [0.29, 0.717) is 16.9 Å². The number of alkyl halides is 3. The molecule has 6 nitrogen and oxygen atoms in total. The molecule has 0 fully saturated rings. The summed E-state index contributed by atoms with van der Waals surface area (Å²) in [5.74, 6) is -0.981. The zero-order chi connectivity index (χ0) is 27.1. The summed E-state index contributed by atoms with van der Waals surface area (Å²) in [6.45, 7) is 5.32. The van der Waals surface area contributed by atoms with E-state index in [2.05, 4.69) is 0 Å². The van der Waals surface area contributed by atoms with Crippen LogP contribution in [-0.2, 0) is 27.5 Å². The Balaban J connectivity index is 1.61. The number of benzene rings is 3. The molecule has 0 saturated carbocycles. The van der Waals surface area contributed by atoms with Crippen LogP contribution in [0.5, 0.6) is 5.75 Å². The van der Waals surface area contributed by atoms with Gasteiger partial charge in [0.1, 0.15) is 5.75 Å². The maximum absolute atomic E-state index is 13.5. The van der Waals surface area contributed by atoms with Crippen molar-refractivity contribution in [1.29, 1.82) is 0 Å². The molecule has 196 valence electrons. The molecular formula is C27H26F3NO5S. The van der Waals surface area contributed by atoms with Crippen LogP contribution in [0.1, 0.15) is 40.7 Å². The van der Waals surface area contributed by atoms with Crippen molar-refractivity contribution in [3.05, 3.63) is 82.4 Å². The second kappa shape index (κ2) is 9.83. The molecule has 1 aliphatic rings. The van der Waals surface area contributed by atoms with Crippen molar-refractivity contribution in [1.82, 2.24) is 4.31 Å². The largest absolute Gasteiger partial charge is 0.482 e.